The minimum Gasteiger partial charge on any atom is -0.328 e. The van der Waals surface area contributed by atoms with Gasteiger partial charge < -0.3 is 5.32 Å². The van der Waals surface area contributed by atoms with E-state index in [1.807, 2.05) is 4.68 Å². The first-order chi connectivity index (χ1) is 10.6. The minimum atomic E-state index is -0.172. The van der Waals surface area contributed by atoms with Crippen molar-refractivity contribution in [2.45, 2.75) is 32.7 Å². The first-order valence-electron chi connectivity index (χ1n) is 7.63. The Morgan fingerprint density at radius 2 is 2.00 bits per heavy atom. The number of anilines is 1. The maximum atomic E-state index is 12.7. The third-order valence-electron chi connectivity index (χ3n) is 4.46. The van der Waals surface area contributed by atoms with Crippen LogP contribution in [0.15, 0.2) is 41.9 Å². The molecule has 5 heteroatoms. The van der Waals surface area contributed by atoms with Gasteiger partial charge in [0.1, 0.15) is 12.4 Å². The standard InChI is InChI=1S/C17H18N4O/c1-10-3-5-12(6-4-10)16-15-13(7-11(2)8-14(15)22)20-17-18-9-19-21(16)17/h3-6,9,11,16H,7-8H2,1-2H3,(H,18,19,20)/t11-,16-/m0/s1. The van der Waals surface area contributed by atoms with Crippen molar-refractivity contribution >= 4 is 11.7 Å². The van der Waals surface area contributed by atoms with Crippen LogP contribution in [-0.4, -0.2) is 20.5 Å². The summed E-state index contributed by atoms with van der Waals surface area (Å²) in [6.45, 7) is 4.18. The van der Waals surface area contributed by atoms with Crippen molar-refractivity contribution in [2.24, 2.45) is 5.92 Å². The molecule has 0 amide bonds. The van der Waals surface area contributed by atoms with Gasteiger partial charge in [0.2, 0.25) is 5.95 Å². The van der Waals surface area contributed by atoms with E-state index in [0.717, 1.165) is 23.3 Å². The number of Topliss-reactive ketones (excluding diaryl/α,β-unsaturated/α-hetero) is 1. The molecule has 0 spiro atoms. The van der Waals surface area contributed by atoms with Gasteiger partial charge >= 0.3 is 0 Å². The topological polar surface area (TPSA) is 59.8 Å². The summed E-state index contributed by atoms with van der Waals surface area (Å²) in [6, 6.07) is 8.13. The average molecular weight is 294 g/mol. The highest BCUT2D eigenvalue weighted by molar-refractivity contribution is 5.99. The number of allylic oxidation sites excluding steroid dienone is 2. The average Bonchev–Trinajstić information content (AvgIpc) is 2.93. The monoisotopic (exact) mass is 294 g/mol. The number of benzene rings is 1. The van der Waals surface area contributed by atoms with E-state index in [-0.39, 0.29) is 11.8 Å². The van der Waals surface area contributed by atoms with Crippen LogP contribution in [0.1, 0.15) is 36.9 Å². The van der Waals surface area contributed by atoms with Gasteiger partial charge in [-0.1, -0.05) is 36.8 Å². The van der Waals surface area contributed by atoms with E-state index in [4.69, 9.17) is 0 Å². The zero-order chi connectivity index (χ0) is 15.3. The van der Waals surface area contributed by atoms with Crippen LogP contribution >= 0.6 is 0 Å². The second-order valence-electron chi connectivity index (χ2n) is 6.30. The smallest absolute Gasteiger partial charge is 0.226 e. The van der Waals surface area contributed by atoms with E-state index in [9.17, 15) is 4.79 Å². The fourth-order valence-corrected chi connectivity index (χ4v) is 3.40. The van der Waals surface area contributed by atoms with E-state index >= 15 is 0 Å². The molecule has 1 aromatic heterocycles. The molecule has 112 valence electrons. The van der Waals surface area contributed by atoms with Crippen LogP contribution < -0.4 is 5.32 Å². The molecular weight excluding hydrogens is 276 g/mol. The summed E-state index contributed by atoms with van der Waals surface area (Å²) in [6.07, 6.45) is 3.03. The fourth-order valence-electron chi connectivity index (χ4n) is 3.40. The van der Waals surface area contributed by atoms with Gasteiger partial charge in [-0.05, 0) is 24.8 Å². The van der Waals surface area contributed by atoms with Gasteiger partial charge in [0.25, 0.3) is 0 Å². The molecule has 1 aliphatic heterocycles. The molecule has 1 N–H and O–H groups in total. The Balaban J connectivity index is 1.89. The van der Waals surface area contributed by atoms with Crippen LogP contribution in [0.3, 0.4) is 0 Å². The lowest BCUT2D eigenvalue weighted by Gasteiger charge is -2.34. The molecule has 0 fully saturated rings. The zero-order valence-corrected chi connectivity index (χ0v) is 12.7. The maximum Gasteiger partial charge on any atom is 0.226 e. The lowest BCUT2D eigenvalue weighted by Crippen LogP contribution is -2.33. The van der Waals surface area contributed by atoms with E-state index in [1.54, 1.807) is 0 Å². The van der Waals surface area contributed by atoms with E-state index < -0.39 is 0 Å². The molecule has 0 saturated heterocycles. The highest BCUT2D eigenvalue weighted by Crippen LogP contribution is 2.40. The van der Waals surface area contributed by atoms with Gasteiger partial charge in [0.15, 0.2) is 5.78 Å². The molecule has 2 heterocycles. The summed E-state index contributed by atoms with van der Waals surface area (Å²) in [5, 5.41) is 7.64. The molecule has 5 nitrogen and oxygen atoms in total. The molecule has 0 bridgehead atoms. The summed E-state index contributed by atoms with van der Waals surface area (Å²) >= 11 is 0. The first-order valence-corrected chi connectivity index (χ1v) is 7.63. The summed E-state index contributed by atoms with van der Waals surface area (Å²) in [4.78, 5) is 16.9. The number of carbonyl (C=O) groups is 1. The van der Waals surface area contributed by atoms with Crippen LogP contribution in [0.4, 0.5) is 5.95 Å². The largest absolute Gasteiger partial charge is 0.328 e. The summed E-state index contributed by atoms with van der Waals surface area (Å²) < 4.78 is 1.82. The lowest BCUT2D eigenvalue weighted by atomic mass is 9.81. The SMILES string of the molecule is Cc1ccc([C@H]2C3=C(C[C@H](C)CC3=O)Nc3ncnn32)cc1. The Morgan fingerprint density at radius 3 is 2.77 bits per heavy atom. The van der Waals surface area contributed by atoms with Gasteiger partial charge in [0.05, 0.1) is 0 Å². The van der Waals surface area contributed by atoms with Crippen molar-refractivity contribution in [3.63, 3.8) is 0 Å². The fraction of sp³-hybridized carbons (Fsp3) is 0.353. The van der Waals surface area contributed by atoms with Gasteiger partial charge in [-0.2, -0.15) is 10.1 Å². The van der Waals surface area contributed by atoms with Crippen LogP contribution in [0.5, 0.6) is 0 Å². The second kappa shape index (κ2) is 4.80. The molecule has 0 saturated carbocycles. The predicted octanol–water partition coefficient (Wildman–Crippen LogP) is 2.85. The van der Waals surface area contributed by atoms with Crippen molar-refractivity contribution in [1.29, 1.82) is 0 Å². The molecule has 0 radical (unpaired) electrons. The predicted molar refractivity (Wildman–Crippen MR) is 83.4 cm³/mol. The molecule has 0 unspecified atom stereocenters. The van der Waals surface area contributed by atoms with Crippen LogP contribution in [0.2, 0.25) is 0 Å². The van der Waals surface area contributed by atoms with Crippen LogP contribution in [0.25, 0.3) is 0 Å². The number of hydrogen-bond acceptors (Lipinski definition) is 4. The van der Waals surface area contributed by atoms with Crippen molar-refractivity contribution in [2.75, 3.05) is 5.32 Å². The molecule has 1 aliphatic carbocycles. The summed E-state index contributed by atoms with van der Waals surface area (Å²) in [5.41, 5.74) is 4.14. The molecule has 22 heavy (non-hydrogen) atoms. The normalized spacial score (nSPS) is 23.8. The molecule has 2 aromatic rings. The first kappa shape index (κ1) is 13.2. The van der Waals surface area contributed by atoms with E-state index in [2.05, 4.69) is 53.5 Å². The van der Waals surface area contributed by atoms with Gasteiger partial charge in [0, 0.05) is 17.7 Å². The molecule has 4 rings (SSSR count). The van der Waals surface area contributed by atoms with Crippen molar-refractivity contribution < 1.29 is 4.79 Å². The van der Waals surface area contributed by atoms with Crippen molar-refractivity contribution in [3.05, 3.63) is 53.0 Å². The number of ketones is 1. The Morgan fingerprint density at radius 1 is 1.23 bits per heavy atom. The van der Waals surface area contributed by atoms with Gasteiger partial charge in [-0.3, -0.25) is 4.79 Å². The summed E-state index contributed by atoms with van der Waals surface area (Å²) in [5.74, 6) is 1.30. The summed E-state index contributed by atoms with van der Waals surface area (Å²) in [7, 11) is 0. The minimum absolute atomic E-state index is 0.172. The Hall–Kier alpha value is -2.43. The Bertz CT molecular complexity index is 772. The van der Waals surface area contributed by atoms with Crippen molar-refractivity contribution in [1.82, 2.24) is 14.8 Å². The number of aromatic nitrogens is 3. The lowest BCUT2D eigenvalue weighted by molar-refractivity contribution is -0.117. The molecule has 2 aliphatic rings. The van der Waals surface area contributed by atoms with E-state index in [0.29, 0.717) is 18.3 Å². The zero-order valence-electron chi connectivity index (χ0n) is 12.7. The number of fused-ring (bicyclic) bond motifs is 1. The number of hydrogen-bond donors (Lipinski definition) is 1. The number of nitrogens with zero attached hydrogens (tertiary/aromatic N) is 3. The molecular formula is C17H18N4O. The van der Waals surface area contributed by atoms with Crippen LogP contribution in [0, 0.1) is 12.8 Å². The number of carbonyl (C=O) groups excluding carboxylic acids is 1. The second-order valence-corrected chi connectivity index (χ2v) is 6.30. The molecule has 1 aromatic carbocycles. The third kappa shape index (κ3) is 1.96. The van der Waals surface area contributed by atoms with Crippen LogP contribution in [-0.2, 0) is 4.79 Å². The van der Waals surface area contributed by atoms with Crippen molar-refractivity contribution in [3.8, 4) is 0 Å². The number of aryl methyl sites for hydroxylation is 1. The van der Waals surface area contributed by atoms with Gasteiger partial charge in [-0.25, -0.2) is 4.68 Å². The third-order valence-corrected chi connectivity index (χ3v) is 4.46. The Kier molecular flexibility index (Phi) is 2.89. The highest BCUT2D eigenvalue weighted by atomic mass is 16.1. The van der Waals surface area contributed by atoms with E-state index in [1.165, 1.54) is 11.9 Å². The Labute approximate surface area is 129 Å². The number of rotatable bonds is 1. The maximum absolute atomic E-state index is 12.7. The molecule has 2 atom stereocenters. The number of nitrogens with one attached hydrogen (secondary N) is 1. The quantitative estimate of drug-likeness (QED) is 0.878. The highest BCUT2D eigenvalue weighted by Gasteiger charge is 2.37. The van der Waals surface area contributed by atoms with Gasteiger partial charge in [-0.15, -0.1) is 0 Å².